The summed E-state index contributed by atoms with van der Waals surface area (Å²) in [5, 5.41) is 25.7. The van der Waals surface area contributed by atoms with Crippen molar-refractivity contribution in [3.63, 3.8) is 0 Å². The van der Waals surface area contributed by atoms with Gasteiger partial charge in [-0.3, -0.25) is 52.7 Å². The topological polar surface area (TPSA) is 381 Å². The van der Waals surface area contributed by atoms with Crippen LogP contribution in [-0.2, 0) is 65.6 Å². The van der Waals surface area contributed by atoms with Crippen LogP contribution in [0, 0.1) is 23.7 Å². The standard InChI is InChI=1S/C66H104N14O11/c1-39(2)35-48-59(84)75-50(37-43-21-11-9-12-22-43)65(90)80-34-20-29-53(80)62(87)78-55(42(7)8)64(89)72-47(27-18-32-69)58(83)74-49(36-40(3)4)60(85)76-51(38-44-23-13-10-14-24-44)66(91)79-33-19-28-52(79)61(86)77-54(41(5)6)63(88)71-45(25-15-16-30-67)56(81)70-46(26-17-31-68)57(82)73-48/h9-14,21-24,39-42,45-55H,15-20,25-38,67-69H2,1-8H3,(H,70,81)(H,71,88)(H,72,89)(H,73,82)(H,74,83)(H,75,84)(H,76,85)(H,77,86)(H,78,87)/t45-,46+,47+,48+,49+,50-,51-,52+,53+,54+,55+/m1/s1. The Hall–Kier alpha value is -7.51. The zero-order valence-corrected chi connectivity index (χ0v) is 54.7. The third-order valence-electron chi connectivity index (χ3n) is 16.9. The molecule has 91 heavy (non-hydrogen) atoms. The van der Waals surface area contributed by atoms with Crippen LogP contribution < -0.4 is 65.1 Å². The fourth-order valence-electron chi connectivity index (χ4n) is 11.9. The van der Waals surface area contributed by atoms with Crippen LogP contribution in [0.1, 0.15) is 150 Å². The van der Waals surface area contributed by atoms with Crippen molar-refractivity contribution in [2.24, 2.45) is 40.9 Å². The molecular formula is C66H104N14O11. The second-order valence-corrected chi connectivity index (χ2v) is 26.1. The minimum Gasteiger partial charge on any atom is -0.343 e. The van der Waals surface area contributed by atoms with Crippen molar-refractivity contribution in [1.29, 1.82) is 0 Å². The number of fused-ring (bicyclic) bond motifs is 2. The Labute approximate surface area is 536 Å². The van der Waals surface area contributed by atoms with Gasteiger partial charge in [-0.2, -0.15) is 0 Å². The first-order chi connectivity index (χ1) is 43.4. The smallest absolute Gasteiger partial charge is 0.246 e. The molecule has 0 aromatic heterocycles. The van der Waals surface area contributed by atoms with Crippen LogP contribution in [0.3, 0.4) is 0 Å². The fourth-order valence-corrected chi connectivity index (χ4v) is 11.9. The van der Waals surface area contributed by atoms with Crippen LogP contribution in [0.4, 0.5) is 0 Å². The maximum Gasteiger partial charge on any atom is 0.246 e. The summed E-state index contributed by atoms with van der Waals surface area (Å²) in [4.78, 5) is 164. The van der Waals surface area contributed by atoms with Gasteiger partial charge in [0.05, 0.1) is 0 Å². The van der Waals surface area contributed by atoms with Gasteiger partial charge in [-0.05, 0) is 138 Å². The highest BCUT2D eigenvalue weighted by molar-refractivity contribution is 6.00. The van der Waals surface area contributed by atoms with Crippen molar-refractivity contribution in [2.75, 3.05) is 32.7 Å². The van der Waals surface area contributed by atoms with E-state index >= 15 is 9.59 Å². The van der Waals surface area contributed by atoms with E-state index in [4.69, 9.17) is 17.2 Å². The first kappa shape index (κ1) is 74.2. The van der Waals surface area contributed by atoms with Gasteiger partial charge >= 0.3 is 0 Å². The highest BCUT2D eigenvalue weighted by Gasteiger charge is 2.43. The van der Waals surface area contributed by atoms with Crippen molar-refractivity contribution in [2.45, 2.75) is 218 Å². The molecule has 0 unspecified atom stereocenters. The first-order valence-electron chi connectivity index (χ1n) is 32.9. The van der Waals surface area contributed by atoms with Gasteiger partial charge in [0, 0.05) is 25.9 Å². The molecular weight excluding hydrogens is 1160 g/mol. The number of carbonyl (C=O) groups excluding carboxylic acids is 11. The molecule has 11 amide bonds. The van der Waals surface area contributed by atoms with E-state index in [-0.39, 0.29) is 115 Å². The molecule has 0 saturated carbocycles. The number of carbonyl (C=O) groups is 11. The predicted octanol–water partition coefficient (Wildman–Crippen LogP) is 0.842. The normalized spacial score (nSPS) is 26.3. The fraction of sp³-hybridized carbons (Fsp3) is 0.652. The molecule has 0 aliphatic carbocycles. The zero-order chi connectivity index (χ0) is 66.9. The molecule has 3 saturated heterocycles. The van der Waals surface area contributed by atoms with Crippen molar-refractivity contribution in [3.05, 3.63) is 71.8 Å². The summed E-state index contributed by atoms with van der Waals surface area (Å²) in [7, 11) is 0. The maximum atomic E-state index is 15.0. The number of nitrogens with one attached hydrogen (secondary N) is 9. The summed E-state index contributed by atoms with van der Waals surface area (Å²) in [6, 6.07) is 4.64. The Kier molecular flexibility index (Phi) is 30.3. The van der Waals surface area contributed by atoms with Crippen LogP contribution >= 0.6 is 0 Å². The molecule has 3 aliphatic heterocycles. The molecule has 3 fully saturated rings. The van der Waals surface area contributed by atoms with E-state index in [0.717, 1.165) is 0 Å². The molecule has 3 heterocycles. The second kappa shape index (κ2) is 37.1. The SMILES string of the molecule is CC(C)C[C@@H]1NC(=O)[C@H](CCCN)NC(=O)[C@@H](CCCCN)NC(=O)[C@H](C(C)C)NC(=O)[C@@H]2CCCN2C(=O)[C@@H](Cc2ccccc2)NC(=O)[C@H](CC(C)C)NC(=O)[C@H](CCCN)NC(=O)[C@H](C(C)C)NC(=O)[C@@H]2CCCN2C(=O)[C@@H](Cc2ccccc2)NC1=O. The summed E-state index contributed by atoms with van der Waals surface area (Å²) in [6.07, 6.45) is 3.13. The number of unbranched alkanes of at least 4 members (excludes halogenated alkanes) is 1. The summed E-state index contributed by atoms with van der Waals surface area (Å²) >= 11 is 0. The average Bonchev–Trinajstić information content (AvgIpc) is 2.84. The molecule has 15 N–H and O–H groups in total. The Morgan fingerprint density at radius 2 is 0.681 bits per heavy atom. The number of rotatable bonds is 20. The Morgan fingerprint density at radius 3 is 1.01 bits per heavy atom. The minimum absolute atomic E-state index is 0.000767. The van der Waals surface area contributed by atoms with Crippen LogP contribution in [0.5, 0.6) is 0 Å². The monoisotopic (exact) mass is 1270 g/mol. The molecule has 2 aromatic rings. The largest absolute Gasteiger partial charge is 0.343 e. The molecule has 504 valence electrons. The third-order valence-corrected chi connectivity index (χ3v) is 16.9. The Bertz CT molecular complexity index is 2750. The molecule has 25 nitrogen and oxygen atoms in total. The van der Waals surface area contributed by atoms with Gasteiger partial charge in [0.25, 0.3) is 0 Å². The van der Waals surface area contributed by atoms with Crippen LogP contribution in [0.15, 0.2) is 60.7 Å². The Morgan fingerprint density at radius 1 is 0.374 bits per heavy atom. The predicted molar refractivity (Wildman–Crippen MR) is 345 cm³/mol. The van der Waals surface area contributed by atoms with E-state index in [1.165, 1.54) is 9.80 Å². The van der Waals surface area contributed by atoms with Gasteiger partial charge in [0.1, 0.15) is 66.5 Å². The summed E-state index contributed by atoms with van der Waals surface area (Å²) in [5.74, 6) is -8.83. The number of hydrogen-bond donors (Lipinski definition) is 12. The lowest BCUT2D eigenvalue weighted by molar-refractivity contribution is -0.143. The summed E-state index contributed by atoms with van der Waals surface area (Å²) in [6.45, 7) is 15.2. The molecule has 0 radical (unpaired) electrons. The average molecular weight is 1270 g/mol. The van der Waals surface area contributed by atoms with Gasteiger partial charge in [-0.25, -0.2) is 0 Å². The lowest BCUT2D eigenvalue weighted by Gasteiger charge is -2.32. The van der Waals surface area contributed by atoms with E-state index in [9.17, 15) is 43.2 Å². The van der Waals surface area contributed by atoms with Crippen molar-refractivity contribution >= 4 is 65.0 Å². The van der Waals surface area contributed by atoms with Gasteiger partial charge in [-0.15, -0.1) is 0 Å². The first-order valence-corrected chi connectivity index (χ1v) is 32.9. The maximum absolute atomic E-state index is 15.0. The van der Waals surface area contributed by atoms with E-state index in [0.29, 0.717) is 36.8 Å². The Balaban J connectivity index is 1.60. The van der Waals surface area contributed by atoms with E-state index in [1.807, 2.05) is 27.7 Å². The van der Waals surface area contributed by atoms with Gasteiger partial charge < -0.3 is 74.9 Å². The van der Waals surface area contributed by atoms with Crippen molar-refractivity contribution in [1.82, 2.24) is 57.7 Å². The molecule has 11 atom stereocenters. The molecule has 0 spiro atoms. The minimum atomic E-state index is -1.26. The van der Waals surface area contributed by atoms with Crippen molar-refractivity contribution in [3.8, 4) is 0 Å². The highest BCUT2D eigenvalue weighted by atomic mass is 16.2. The van der Waals surface area contributed by atoms with Crippen molar-refractivity contribution < 1.29 is 52.7 Å². The summed E-state index contributed by atoms with van der Waals surface area (Å²) < 4.78 is 0. The molecule has 5 rings (SSSR count). The summed E-state index contributed by atoms with van der Waals surface area (Å²) in [5.41, 5.74) is 19.2. The van der Waals surface area contributed by atoms with E-state index in [1.54, 1.807) is 88.4 Å². The van der Waals surface area contributed by atoms with Crippen LogP contribution in [-0.4, -0.2) is 174 Å². The highest BCUT2D eigenvalue weighted by Crippen LogP contribution is 2.24. The second-order valence-electron chi connectivity index (χ2n) is 26.1. The third kappa shape index (κ3) is 22.7. The zero-order valence-electron chi connectivity index (χ0n) is 54.7. The lowest BCUT2D eigenvalue weighted by atomic mass is 9.99. The van der Waals surface area contributed by atoms with Gasteiger partial charge in [0.2, 0.25) is 65.0 Å². The molecule has 0 bridgehead atoms. The van der Waals surface area contributed by atoms with E-state index in [2.05, 4.69) is 47.9 Å². The number of amides is 11. The number of nitrogens with two attached hydrogens (primary N) is 3. The molecule has 2 aromatic carbocycles. The molecule has 3 aliphatic rings. The van der Waals surface area contributed by atoms with Gasteiger partial charge in [0.15, 0.2) is 0 Å². The van der Waals surface area contributed by atoms with Crippen LogP contribution in [0.2, 0.25) is 0 Å². The molecule has 25 heteroatoms. The number of nitrogens with zero attached hydrogens (tertiary/aromatic N) is 2. The quantitative estimate of drug-likeness (QED) is 0.0818. The lowest BCUT2D eigenvalue weighted by Crippen LogP contribution is -2.61. The van der Waals surface area contributed by atoms with Crippen LogP contribution in [0.25, 0.3) is 0 Å². The van der Waals surface area contributed by atoms with Gasteiger partial charge in [-0.1, -0.05) is 116 Å². The van der Waals surface area contributed by atoms with E-state index < -0.39 is 143 Å². The number of hydrogen-bond acceptors (Lipinski definition) is 14. The number of benzene rings is 2.